The van der Waals surface area contributed by atoms with E-state index in [1.165, 1.54) is 24.3 Å². The second kappa shape index (κ2) is 6.14. The van der Waals surface area contributed by atoms with E-state index in [0.717, 1.165) is 0 Å². The molecule has 6 nitrogen and oxygen atoms in total. The number of carbonyl (C=O) groups excluding carboxylic acids is 1. The Morgan fingerprint density at radius 1 is 1.26 bits per heavy atom. The Balaban J connectivity index is 2.81. The molecule has 1 amide bonds. The van der Waals surface area contributed by atoms with Gasteiger partial charge in [0.2, 0.25) is 15.9 Å². The van der Waals surface area contributed by atoms with E-state index in [1.54, 1.807) is 0 Å². The molecule has 1 unspecified atom stereocenters. The number of rotatable bonds is 5. The van der Waals surface area contributed by atoms with Crippen LogP contribution < -0.4 is 16.2 Å². The summed E-state index contributed by atoms with van der Waals surface area (Å²) in [6.07, 6.45) is 0. The van der Waals surface area contributed by atoms with Crippen molar-refractivity contribution < 1.29 is 13.2 Å². The Morgan fingerprint density at radius 3 is 2.16 bits per heavy atom. The minimum absolute atomic E-state index is 0.00438. The molecule has 0 radical (unpaired) electrons. The molecule has 0 aliphatic rings. The van der Waals surface area contributed by atoms with E-state index in [0.29, 0.717) is 5.69 Å². The molecule has 1 rings (SSSR count). The van der Waals surface area contributed by atoms with E-state index >= 15 is 0 Å². The zero-order chi connectivity index (χ0) is 14.6. The molecule has 0 saturated heterocycles. The van der Waals surface area contributed by atoms with Gasteiger partial charge in [0.25, 0.3) is 0 Å². The molecule has 1 aromatic carbocycles. The van der Waals surface area contributed by atoms with Crippen LogP contribution in [0.4, 0.5) is 5.69 Å². The predicted octanol–water partition coefficient (Wildman–Crippen LogP) is 0.503. The number of anilines is 1. The van der Waals surface area contributed by atoms with Gasteiger partial charge in [-0.2, -0.15) is 0 Å². The van der Waals surface area contributed by atoms with Gasteiger partial charge in [0.05, 0.1) is 10.8 Å². The zero-order valence-electron chi connectivity index (χ0n) is 11.0. The Kier molecular flexibility index (Phi) is 5.04. The first-order valence-corrected chi connectivity index (χ1v) is 7.44. The van der Waals surface area contributed by atoms with Gasteiger partial charge in [-0.05, 0) is 30.2 Å². The molecule has 0 aromatic heterocycles. The van der Waals surface area contributed by atoms with Crippen molar-refractivity contribution in [3.63, 3.8) is 0 Å². The summed E-state index contributed by atoms with van der Waals surface area (Å²) in [5, 5.41) is 7.68. The van der Waals surface area contributed by atoms with Crippen LogP contribution in [0.25, 0.3) is 0 Å². The van der Waals surface area contributed by atoms with Crippen molar-refractivity contribution in [1.29, 1.82) is 0 Å². The second-order valence-electron chi connectivity index (χ2n) is 4.64. The van der Waals surface area contributed by atoms with Crippen LogP contribution in [0.2, 0.25) is 0 Å². The van der Waals surface area contributed by atoms with Gasteiger partial charge in [-0.15, -0.1) is 0 Å². The second-order valence-corrected chi connectivity index (χ2v) is 6.21. The number of sulfonamides is 1. The summed E-state index contributed by atoms with van der Waals surface area (Å²) in [7, 11) is -3.72. The SMILES string of the molecule is CC(C)C(CN)C(=O)Nc1ccc(S(N)(=O)=O)cc1. The highest BCUT2D eigenvalue weighted by Gasteiger charge is 2.20. The topological polar surface area (TPSA) is 115 Å². The summed E-state index contributed by atoms with van der Waals surface area (Å²) >= 11 is 0. The van der Waals surface area contributed by atoms with Gasteiger partial charge in [-0.25, -0.2) is 13.6 Å². The highest BCUT2D eigenvalue weighted by molar-refractivity contribution is 7.89. The first kappa shape index (κ1) is 15.6. The first-order chi connectivity index (χ1) is 8.75. The van der Waals surface area contributed by atoms with Crippen molar-refractivity contribution in [3.05, 3.63) is 24.3 Å². The number of nitrogens with one attached hydrogen (secondary N) is 1. The highest BCUT2D eigenvalue weighted by Crippen LogP contribution is 2.16. The molecule has 1 atom stereocenters. The van der Waals surface area contributed by atoms with Crippen molar-refractivity contribution in [2.75, 3.05) is 11.9 Å². The molecule has 0 aliphatic heterocycles. The van der Waals surface area contributed by atoms with Gasteiger partial charge in [0, 0.05) is 12.2 Å². The highest BCUT2D eigenvalue weighted by atomic mass is 32.2. The summed E-state index contributed by atoms with van der Waals surface area (Å²) < 4.78 is 22.2. The normalized spacial score (nSPS) is 13.3. The van der Waals surface area contributed by atoms with Crippen LogP contribution in [0, 0.1) is 11.8 Å². The van der Waals surface area contributed by atoms with Gasteiger partial charge < -0.3 is 11.1 Å². The van der Waals surface area contributed by atoms with Gasteiger partial charge in [-0.1, -0.05) is 13.8 Å². The van der Waals surface area contributed by atoms with Crippen LogP contribution in [0.5, 0.6) is 0 Å². The van der Waals surface area contributed by atoms with E-state index < -0.39 is 10.0 Å². The minimum Gasteiger partial charge on any atom is -0.330 e. The number of carbonyl (C=O) groups is 1. The minimum atomic E-state index is -3.72. The smallest absolute Gasteiger partial charge is 0.238 e. The molecule has 5 N–H and O–H groups in total. The molecule has 0 fully saturated rings. The van der Waals surface area contributed by atoms with Crippen LogP contribution in [0.15, 0.2) is 29.2 Å². The molecular formula is C12H19N3O3S. The van der Waals surface area contributed by atoms with E-state index in [4.69, 9.17) is 10.9 Å². The van der Waals surface area contributed by atoms with Crippen molar-refractivity contribution in [2.24, 2.45) is 22.7 Å². The predicted molar refractivity (Wildman–Crippen MR) is 73.8 cm³/mol. The molecule has 0 spiro atoms. The molecule has 106 valence electrons. The van der Waals surface area contributed by atoms with Crippen LogP contribution >= 0.6 is 0 Å². The Hall–Kier alpha value is -1.44. The third kappa shape index (κ3) is 4.30. The zero-order valence-corrected chi connectivity index (χ0v) is 11.8. The lowest BCUT2D eigenvalue weighted by Gasteiger charge is -2.18. The van der Waals surface area contributed by atoms with Crippen LogP contribution in [-0.2, 0) is 14.8 Å². The van der Waals surface area contributed by atoms with Gasteiger partial charge in [-0.3, -0.25) is 4.79 Å². The fourth-order valence-electron chi connectivity index (χ4n) is 1.64. The van der Waals surface area contributed by atoms with E-state index in [2.05, 4.69) is 5.32 Å². The maximum atomic E-state index is 11.9. The largest absolute Gasteiger partial charge is 0.330 e. The van der Waals surface area contributed by atoms with E-state index in [-0.39, 0.29) is 29.2 Å². The monoisotopic (exact) mass is 285 g/mol. The molecular weight excluding hydrogens is 266 g/mol. The average Bonchev–Trinajstić information content (AvgIpc) is 2.28. The molecule has 0 heterocycles. The maximum Gasteiger partial charge on any atom is 0.238 e. The van der Waals surface area contributed by atoms with Gasteiger partial charge >= 0.3 is 0 Å². The lowest BCUT2D eigenvalue weighted by atomic mass is 9.95. The summed E-state index contributed by atoms with van der Waals surface area (Å²) in [6.45, 7) is 4.10. The maximum absolute atomic E-state index is 11.9. The van der Waals surface area contributed by atoms with Crippen LogP contribution in [0.3, 0.4) is 0 Å². The van der Waals surface area contributed by atoms with Gasteiger partial charge in [0.1, 0.15) is 0 Å². The number of nitrogens with two attached hydrogens (primary N) is 2. The summed E-state index contributed by atoms with van der Waals surface area (Å²) in [5.74, 6) is -0.326. The van der Waals surface area contributed by atoms with E-state index in [1.807, 2.05) is 13.8 Å². The first-order valence-electron chi connectivity index (χ1n) is 5.89. The fraction of sp³-hybridized carbons (Fsp3) is 0.417. The number of hydrogen-bond donors (Lipinski definition) is 3. The van der Waals surface area contributed by atoms with E-state index in [9.17, 15) is 13.2 Å². The third-order valence-corrected chi connectivity index (χ3v) is 3.78. The number of benzene rings is 1. The Morgan fingerprint density at radius 2 is 1.79 bits per heavy atom. The molecule has 7 heteroatoms. The molecule has 0 saturated carbocycles. The fourth-order valence-corrected chi connectivity index (χ4v) is 2.16. The van der Waals surface area contributed by atoms with Gasteiger partial charge in [0.15, 0.2) is 0 Å². The summed E-state index contributed by atoms with van der Waals surface area (Å²) in [4.78, 5) is 11.9. The molecule has 0 aliphatic carbocycles. The summed E-state index contributed by atoms with van der Waals surface area (Å²) in [6, 6.07) is 5.67. The quantitative estimate of drug-likeness (QED) is 0.730. The van der Waals surface area contributed by atoms with Crippen molar-refractivity contribution >= 4 is 21.6 Å². The van der Waals surface area contributed by atoms with Crippen molar-refractivity contribution in [3.8, 4) is 0 Å². The summed E-state index contributed by atoms with van der Waals surface area (Å²) in [5.41, 5.74) is 6.06. The molecule has 0 bridgehead atoms. The number of hydrogen-bond acceptors (Lipinski definition) is 4. The molecule has 19 heavy (non-hydrogen) atoms. The standard InChI is InChI=1S/C12H19N3O3S/c1-8(2)11(7-13)12(16)15-9-3-5-10(6-4-9)19(14,17)18/h3-6,8,11H,7,13H2,1-2H3,(H,15,16)(H2,14,17,18). The lowest BCUT2D eigenvalue weighted by molar-refractivity contribution is -0.120. The Bertz CT molecular complexity index is 538. The van der Waals surface area contributed by atoms with Crippen LogP contribution in [-0.4, -0.2) is 20.9 Å². The number of primary sulfonamides is 1. The van der Waals surface area contributed by atoms with Crippen LogP contribution in [0.1, 0.15) is 13.8 Å². The lowest BCUT2D eigenvalue weighted by Crippen LogP contribution is -2.33. The Labute approximate surface area is 113 Å². The van der Waals surface area contributed by atoms with Crippen molar-refractivity contribution in [2.45, 2.75) is 18.7 Å². The van der Waals surface area contributed by atoms with Crippen molar-refractivity contribution in [1.82, 2.24) is 0 Å². The molecule has 1 aromatic rings. The third-order valence-electron chi connectivity index (χ3n) is 2.85. The number of amides is 1. The average molecular weight is 285 g/mol.